The molecule has 3 rings (SSSR count). The number of carbonyl (C=O) groups excluding carboxylic acids is 1. The van der Waals surface area contributed by atoms with Gasteiger partial charge in [0, 0.05) is 18.3 Å². The number of aliphatic hydroxyl groups excluding tert-OH is 1. The number of carbonyl (C=O) groups is 1. The number of anilines is 1. The van der Waals surface area contributed by atoms with Crippen LogP contribution < -0.4 is 10.6 Å². The van der Waals surface area contributed by atoms with E-state index in [0.29, 0.717) is 11.6 Å². The number of hydrogen-bond acceptors (Lipinski definition) is 4. The molecule has 6 heteroatoms. The summed E-state index contributed by atoms with van der Waals surface area (Å²) < 4.78 is 0. The van der Waals surface area contributed by atoms with Gasteiger partial charge in [0.15, 0.2) is 5.13 Å². The molecule has 1 aromatic heterocycles. The van der Waals surface area contributed by atoms with Crippen molar-refractivity contribution >= 4 is 22.5 Å². The number of rotatable bonds is 5. The Balaban J connectivity index is 1.63. The molecule has 1 fully saturated rings. The summed E-state index contributed by atoms with van der Waals surface area (Å²) in [6, 6.07) is 9.75. The molecule has 1 aliphatic rings. The SMILES string of the molecule is O=C(Nc1ncc(-c2ccccc2)s1)NC1(CCO)CCCCC1. The number of benzene rings is 1. The number of aromatic nitrogens is 1. The maximum atomic E-state index is 12.4. The molecule has 1 heterocycles. The lowest BCUT2D eigenvalue weighted by Gasteiger charge is -2.37. The topological polar surface area (TPSA) is 74.2 Å². The van der Waals surface area contributed by atoms with Crippen LogP contribution in [0.1, 0.15) is 38.5 Å². The molecule has 0 radical (unpaired) electrons. The smallest absolute Gasteiger partial charge is 0.321 e. The average Bonchev–Trinajstić information content (AvgIpc) is 3.05. The van der Waals surface area contributed by atoms with E-state index in [2.05, 4.69) is 15.6 Å². The van der Waals surface area contributed by atoms with Crippen LogP contribution in [0, 0.1) is 0 Å². The van der Waals surface area contributed by atoms with E-state index in [9.17, 15) is 9.90 Å². The Bertz CT molecular complexity index is 660. The van der Waals surface area contributed by atoms with Gasteiger partial charge in [0.05, 0.1) is 4.88 Å². The van der Waals surface area contributed by atoms with E-state index in [0.717, 1.165) is 36.1 Å². The van der Waals surface area contributed by atoms with Crippen LogP contribution in [0.25, 0.3) is 10.4 Å². The van der Waals surface area contributed by atoms with E-state index in [1.165, 1.54) is 17.8 Å². The zero-order chi connectivity index (χ0) is 16.8. The van der Waals surface area contributed by atoms with Gasteiger partial charge in [0.1, 0.15) is 0 Å². The standard InChI is InChI=1S/C18H23N3O2S/c22-12-11-18(9-5-2-6-10-18)21-16(23)20-17-19-13-15(24-17)14-7-3-1-4-8-14/h1,3-4,7-8,13,22H,2,5-6,9-12H2,(H2,19,20,21,23). The minimum absolute atomic E-state index is 0.0929. The summed E-state index contributed by atoms with van der Waals surface area (Å²) in [5.41, 5.74) is 0.809. The fourth-order valence-corrected chi connectivity index (χ4v) is 4.13. The first-order valence-electron chi connectivity index (χ1n) is 8.42. The van der Waals surface area contributed by atoms with Crippen LogP contribution in [0.3, 0.4) is 0 Å². The third-order valence-electron chi connectivity index (χ3n) is 4.56. The van der Waals surface area contributed by atoms with Gasteiger partial charge in [0.25, 0.3) is 0 Å². The molecule has 0 atom stereocenters. The summed E-state index contributed by atoms with van der Waals surface area (Å²) in [6.07, 6.45) is 7.62. The molecular formula is C18H23N3O2S. The second-order valence-electron chi connectivity index (χ2n) is 6.29. The van der Waals surface area contributed by atoms with Crippen molar-refractivity contribution in [2.45, 2.75) is 44.1 Å². The molecule has 1 saturated carbocycles. The van der Waals surface area contributed by atoms with Crippen LogP contribution in [-0.2, 0) is 0 Å². The molecule has 2 aromatic rings. The number of nitrogens with zero attached hydrogens (tertiary/aromatic N) is 1. The lowest BCUT2D eigenvalue weighted by Crippen LogP contribution is -2.51. The second kappa shape index (κ2) is 7.77. The van der Waals surface area contributed by atoms with Gasteiger partial charge < -0.3 is 10.4 Å². The van der Waals surface area contributed by atoms with Gasteiger partial charge >= 0.3 is 6.03 Å². The average molecular weight is 345 g/mol. The monoisotopic (exact) mass is 345 g/mol. The highest BCUT2D eigenvalue weighted by Crippen LogP contribution is 2.32. The molecule has 0 aliphatic heterocycles. The Morgan fingerprint density at radius 3 is 2.67 bits per heavy atom. The van der Waals surface area contributed by atoms with Crippen molar-refractivity contribution < 1.29 is 9.90 Å². The van der Waals surface area contributed by atoms with Gasteiger partial charge in [-0.25, -0.2) is 9.78 Å². The third kappa shape index (κ3) is 4.13. The minimum atomic E-state index is -0.281. The van der Waals surface area contributed by atoms with E-state index >= 15 is 0 Å². The Morgan fingerprint density at radius 2 is 1.96 bits per heavy atom. The molecule has 0 bridgehead atoms. The van der Waals surface area contributed by atoms with Gasteiger partial charge in [-0.05, 0) is 24.8 Å². The molecule has 2 amide bonds. The number of urea groups is 1. The third-order valence-corrected chi connectivity index (χ3v) is 5.53. The van der Waals surface area contributed by atoms with Crippen molar-refractivity contribution in [1.82, 2.24) is 10.3 Å². The summed E-state index contributed by atoms with van der Waals surface area (Å²) in [6.45, 7) is 0.0929. The molecule has 5 nitrogen and oxygen atoms in total. The lowest BCUT2D eigenvalue weighted by molar-refractivity contribution is 0.168. The van der Waals surface area contributed by atoms with E-state index in [-0.39, 0.29) is 18.2 Å². The molecular weight excluding hydrogens is 322 g/mol. The van der Waals surface area contributed by atoms with Crippen LogP contribution in [-0.4, -0.2) is 28.3 Å². The lowest BCUT2D eigenvalue weighted by atomic mass is 9.79. The normalized spacial score (nSPS) is 16.5. The van der Waals surface area contributed by atoms with Crippen molar-refractivity contribution in [3.05, 3.63) is 36.5 Å². The second-order valence-corrected chi connectivity index (χ2v) is 7.32. The largest absolute Gasteiger partial charge is 0.396 e. The molecule has 128 valence electrons. The van der Waals surface area contributed by atoms with Crippen molar-refractivity contribution in [3.63, 3.8) is 0 Å². The van der Waals surface area contributed by atoms with Crippen LogP contribution in [0.4, 0.5) is 9.93 Å². The first-order chi connectivity index (χ1) is 11.7. The van der Waals surface area contributed by atoms with E-state index in [1.54, 1.807) is 6.20 Å². The van der Waals surface area contributed by atoms with Gasteiger partial charge in [-0.2, -0.15) is 0 Å². The number of thiazole rings is 1. The number of aliphatic hydroxyl groups is 1. The molecule has 1 aromatic carbocycles. The number of amides is 2. The highest BCUT2D eigenvalue weighted by atomic mass is 32.1. The molecule has 0 saturated heterocycles. The van der Waals surface area contributed by atoms with Gasteiger partial charge in [-0.15, -0.1) is 0 Å². The summed E-state index contributed by atoms with van der Waals surface area (Å²) in [7, 11) is 0. The summed E-state index contributed by atoms with van der Waals surface area (Å²) in [5, 5.41) is 15.8. The first-order valence-corrected chi connectivity index (χ1v) is 9.24. The van der Waals surface area contributed by atoms with Crippen molar-refractivity contribution in [1.29, 1.82) is 0 Å². The fourth-order valence-electron chi connectivity index (χ4n) is 3.32. The zero-order valence-corrected chi connectivity index (χ0v) is 14.4. The summed E-state index contributed by atoms with van der Waals surface area (Å²) in [5.74, 6) is 0. The molecule has 24 heavy (non-hydrogen) atoms. The summed E-state index contributed by atoms with van der Waals surface area (Å²) in [4.78, 5) is 17.7. The molecule has 1 aliphatic carbocycles. The van der Waals surface area contributed by atoms with Gasteiger partial charge in [0.2, 0.25) is 0 Å². The highest BCUT2D eigenvalue weighted by Gasteiger charge is 2.33. The Kier molecular flexibility index (Phi) is 5.48. The Labute approximate surface area is 146 Å². The van der Waals surface area contributed by atoms with E-state index in [1.807, 2.05) is 30.3 Å². The fraction of sp³-hybridized carbons (Fsp3) is 0.444. The first kappa shape index (κ1) is 16.9. The van der Waals surface area contributed by atoms with Crippen molar-refractivity contribution in [2.75, 3.05) is 11.9 Å². The van der Waals surface area contributed by atoms with E-state index in [4.69, 9.17) is 0 Å². The molecule has 3 N–H and O–H groups in total. The van der Waals surface area contributed by atoms with Crippen LogP contribution in [0.15, 0.2) is 36.5 Å². The maximum absolute atomic E-state index is 12.4. The molecule has 0 unspecified atom stereocenters. The van der Waals surface area contributed by atoms with Gasteiger partial charge in [-0.1, -0.05) is 60.9 Å². The number of nitrogens with one attached hydrogen (secondary N) is 2. The molecule has 0 spiro atoms. The van der Waals surface area contributed by atoms with E-state index < -0.39 is 0 Å². The van der Waals surface area contributed by atoms with Crippen molar-refractivity contribution in [2.24, 2.45) is 0 Å². The quantitative estimate of drug-likeness (QED) is 0.766. The van der Waals surface area contributed by atoms with Crippen molar-refractivity contribution in [3.8, 4) is 10.4 Å². The Hall–Kier alpha value is -1.92. The van der Waals surface area contributed by atoms with Crippen LogP contribution in [0.2, 0.25) is 0 Å². The highest BCUT2D eigenvalue weighted by molar-refractivity contribution is 7.19. The number of hydrogen-bond donors (Lipinski definition) is 3. The van der Waals surface area contributed by atoms with Crippen LogP contribution >= 0.6 is 11.3 Å². The zero-order valence-electron chi connectivity index (χ0n) is 13.6. The predicted molar refractivity (Wildman–Crippen MR) is 97.2 cm³/mol. The maximum Gasteiger partial charge on any atom is 0.321 e. The van der Waals surface area contributed by atoms with Gasteiger partial charge in [-0.3, -0.25) is 5.32 Å². The summed E-state index contributed by atoms with van der Waals surface area (Å²) >= 11 is 1.46. The Morgan fingerprint density at radius 1 is 1.21 bits per heavy atom. The predicted octanol–water partition coefficient (Wildman–Crippen LogP) is 4.02. The minimum Gasteiger partial charge on any atom is -0.396 e. The van der Waals surface area contributed by atoms with Crippen LogP contribution in [0.5, 0.6) is 0 Å².